The second kappa shape index (κ2) is 7.28. The maximum Gasteiger partial charge on any atom is 0.305 e. The third kappa shape index (κ3) is 4.35. The van der Waals surface area contributed by atoms with Crippen molar-refractivity contribution < 1.29 is 18.8 Å². The normalized spacial score (nSPS) is 9.86. The number of hydrogen-bond donors (Lipinski definition) is 3. The van der Waals surface area contributed by atoms with Crippen LogP contribution in [0.1, 0.15) is 20.9 Å². The van der Waals surface area contributed by atoms with Crippen molar-refractivity contribution >= 4 is 29.3 Å². The predicted molar refractivity (Wildman–Crippen MR) is 78.1 cm³/mol. The molecule has 0 fully saturated rings. The van der Waals surface area contributed by atoms with Crippen molar-refractivity contribution in [1.29, 1.82) is 0 Å². The molecule has 1 heterocycles. The van der Waals surface area contributed by atoms with Gasteiger partial charge in [-0.05, 0) is 36.4 Å². The molecule has 2 rings (SSSR count). The van der Waals surface area contributed by atoms with E-state index in [9.17, 15) is 14.4 Å². The molecule has 7 nitrogen and oxygen atoms in total. The molecular weight excluding hydrogens is 310 g/mol. The van der Waals surface area contributed by atoms with Crippen LogP contribution in [0, 0.1) is 0 Å². The summed E-state index contributed by atoms with van der Waals surface area (Å²) in [5.41, 5.74) is 4.68. The molecule has 0 aliphatic rings. The highest BCUT2D eigenvalue weighted by molar-refractivity contribution is 6.30. The Balaban J connectivity index is 1.74. The van der Waals surface area contributed by atoms with E-state index < -0.39 is 17.7 Å². The van der Waals surface area contributed by atoms with Crippen LogP contribution in [0.3, 0.4) is 0 Å². The number of carbonyl (C=O) groups excluding carboxylic acids is 3. The van der Waals surface area contributed by atoms with Crippen LogP contribution in [0.5, 0.6) is 0 Å². The molecule has 3 N–H and O–H groups in total. The Hall–Kier alpha value is -2.80. The minimum Gasteiger partial charge on any atom is -0.459 e. The van der Waals surface area contributed by atoms with Gasteiger partial charge in [0.2, 0.25) is 0 Å². The first kappa shape index (κ1) is 15.6. The quantitative estimate of drug-likeness (QED) is 0.735. The fourth-order valence-electron chi connectivity index (χ4n) is 1.50. The van der Waals surface area contributed by atoms with Gasteiger partial charge < -0.3 is 9.73 Å². The first-order valence-electron chi connectivity index (χ1n) is 6.22. The smallest absolute Gasteiger partial charge is 0.305 e. The first-order valence-corrected chi connectivity index (χ1v) is 6.60. The number of benzene rings is 1. The second-order valence-corrected chi connectivity index (χ2v) is 4.61. The third-order valence-electron chi connectivity index (χ3n) is 2.58. The van der Waals surface area contributed by atoms with Gasteiger partial charge in [0, 0.05) is 10.6 Å². The van der Waals surface area contributed by atoms with E-state index in [4.69, 9.17) is 16.0 Å². The Labute approximate surface area is 130 Å². The lowest BCUT2D eigenvalue weighted by Gasteiger charge is -2.07. The van der Waals surface area contributed by atoms with Crippen LogP contribution in [-0.2, 0) is 4.79 Å². The van der Waals surface area contributed by atoms with Gasteiger partial charge >= 0.3 is 5.91 Å². The van der Waals surface area contributed by atoms with E-state index in [2.05, 4.69) is 16.2 Å². The molecule has 0 radical (unpaired) electrons. The summed E-state index contributed by atoms with van der Waals surface area (Å²) < 4.78 is 4.85. The molecule has 114 valence electrons. The molecule has 0 saturated heterocycles. The van der Waals surface area contributed by atoms with E-state index in [1.807, 2.05) is 0 Å². The van der Waals surface area contributed by atoms with Gasteiger partial charge in [-0.3, -0.25) is 25.2 Å². The number of rotatable bonds is 4. The molecule has 0 bridgehead atoms. The Morgan fingerprint density at radius 2 is 1.73 bits per heavy atom. The van der Waals surface area contributed by atoms with Crippen LogP contribution in [0.15, 0.2) is 47.1 Å². The van der Waals surface area contributed by atoms with E-state index in [0.717, 1.165) is 0 Å². The molecule has 2 aromatic rings. The summed E-state index contributed by atoms with van der Waals surface area (Å²) in [6.45, 7) is -0.292. The fraction of sp³-hybridized carbons (Fsp3) is 0.0714. The van der Waals surface area contributed by atoms with Crippen LogP contribution in [0.2, 0.25) is 5.02 Å². The number of carbonyl (C=O) groups is 3. The number of nitrogens with one attached hydrogen (secondary N) is 3. The molecule has 0 atom stereocenters. The van der Waals surface area contributed by atoms with Crippen LogP contribution in [-0.4, -0.2) is 24.3 Å². The van der Waals surface area contributed by atoms with Gasteiger partial charge in [0.15, 0.2) is 5.76 Å². The summed E-state index contributed by atoms with van der Waals surface area (Å²) in [5, 5.41) is 2.92. The number of furan rings is 1. The van der Waals surface area contributed by atoms with E-state index in [-0.39, 0.29) is 12.3 Å². The van der Waals surface area contributed by atoms with E-state index in [0.29, 0.717) is 10.6 Å². The maximum absolute atomic E-state index is 11.7. The molecule has 0 aliphatic heterocycles. The molecule has 0 unspecified atom stereocenters. The largest absolute Gasteiger partial charge is 0.459 e. The highest BCUT2D eigenvalue weighted by atomic mass is 35.5. The molecule has 22 heavy (non-hydrogen) atoms. The van der Waals surface area contributed by atoms with Crippen molar-refractivity contribution in [3.8, 4) is 0 Å². The molecule has 3 amide bonds. The number of halogens is 1. The van der Waals surface area contributed by atoms with E-state index in [1.54, 1.807) is 18.2 Å². The van der Waals surface area contributed by atoms with Crippen molar-refractivity contribution in [1.82, 2.24) is 16.2 Å². The Kier molecular flexibility index (Phi) is 5.16. The SMILES string of the molecule is O=C(CNC(=O)c1ccc(Cl)cc1)NNC(=O)c1ccco1. The summed E-state index contributed by atoms with van der Waals surface area (Å²) in [7, 11) is 0. The lowest BCUT2D eigenvalue weighted by Crippen LogP contribution is -2.46. The number of hydrazine groups is 1. The van der Waals surface area contributed by atoms with Gasteiger partial charge in [-0.2, -0.15) is 0 Å². The van der Waals surface area contributed by atoms with Gasteiger partial charge in [0.25, 0.3) is 11.8 Å². The molecule has 1 aromatic carbocycles. The third-order valence-corrected chi connectivity index (χ3v) is 2.83. The zero-order valence-electron chi connectivity index (χ0n) is 11.3. The van der Waals surface area contributed by atoms with Crippen molar-refractivity contribution in [3.05, 3.63) is 59.0 Å². The Morgan fingerprint density at radius 1 is 1.00 bits per heavy atom. The van der Waals surface area contributed by atoms with E-state index in [1.165, 1.54) is 24.5 Å². The highest BCUT2D eigenvalue weighted by Crippen LogP contribution is 2.09. The topological polar surface area (TPSA) is 100 Å². The average molecular weight is 322 g/mol. The van der Waals surface area contributed by atoms with Crippen LogP contribution in [0.25, 0.3) is 0 Å². The minimum absolute atomic E-state index is 0.0606. The Bertz CT molecular complexity index is 668. The highest BCUT2D eigenvalue weighted by Gasteiger charge is 2.11. The van der Waals surface area contributed by atoms with Crippen molar-refractivity contribution in [2.75, 3.05) is 6.54 Å². The summed E-state index contributed by atoms with van der Waals surface area (Å²) >= 11 is 5.71. The van der Waals surface area contributed by atoms with Crippen molar-refractivity contribution in [2.45, 2.75) is 0 Å². The summed E-state index contributed by atoms with van der Waals surface area (Å²) in [6.07, 6.45) is 1.34. The lowest BCUT2D eigenvalue weighted by molar-refractivity contribution is -0.120. The van der Waals surface area contributed by atoms with Crippen molar-refractivity contribution in [2.24, 2.45) is 0 Å². The second-order valence-electron chi connectivity index (χ2n) is 4.17. The van der Waals surface area contributed by atoms with Crippen molar-refractivity contribution in [3.63, 3.8) is 0 Å². The zero-order chi connectivity index (χ0) is 15.9. The fourth-order valence-corrected chi connectivity index (χ4v) is 1.63. The van der Waals surface area contributed by atoms with Gasteiger partial charge in [-0.1, -0.05) is 11.6 Å². The Morgan fingerprint density at radius 3 is 2.36 bits per heavy atom. The van der Waals surface area contributed by atoms with Gasteiger partial charge in [-0.15, -0.1) is 0 Å². The molecule has 0 aliphatic carbocycles. The molecule has 8 heteroatoms. The van der Waals surface area contributed by atoms with Gasteiger partial charge in [0.1, 0.15) is 0 Å². The standard InChI is InChI=1S/C14H12ClN3O4/c15-10-5-3-9(4-6-10)13(20)16-8-12(19)17-18-14(21)11-2-1-7-22-11/h1-7H,8H2,(H,16,20)(H,17,19)(H,18,21). The lowest BCUT2D eigenvalue weighted by atomic mass is 10.2. The summed E-state index contributed by atoms with van der Waals surface area (Å²) in [6, 6.07) is 9.20. The summed E-state index contributed by atoms with van der Waals surface area (Å²) in [4.78, 5) is 34.7. The van der Waals surface area contributed by atoms with Gasteiger partial charge in [0.05, 0.1) is 12.8 Å². The summed E-state index contributed by atoms with van der Waals surface area (Å²) in [5.74, 6) is -1.54. The number of hydrogen-bond acceptors (Lipinski definition) is 4. The van der Waals surface area contributed by atoms with Crippen LogP contribution in [0.4, 0.5) is 0 Å². The zero-order valence-corrected chi connectivity index (χ0v) is 12.0. The molecular formula is C14H12ClN3O4. The average Bonchev–Trinajstić information content (AvgIpc) is 3.05. The first-order chi connectivity index (χ1) is 10.6. The molecule has 0 saturated carbocycles. The minimum atomic E-state index is -0.595. The maximum atomic E-state index is 11.7. The molecule has 0 spiro atoms. The van der Waals surface area contributed by atoms with Crippen LogP contribution < -0.4 is 16.2 Å². The number of amides is 3. The molecule has 1 aromatic heterocycles. The van der Waals surface area contributed by atoms with E-state index >= 15 is 0 Å². The van der Waals surface area contributed by atoms with Crippen LogP contribution >= 0.6 is 11.6 Å². The monoisotopic (exact) mass is 321 g/mol. The van der Waals surface area contributed by atoms with Gasteiger partial charge in [-0.25, -0.2) is 0 Å². The predicted octanol–water partition coefficient (Wildman–Crippen LogP) is 1.12.